The second-order valence-corrected chi connectivity index (χ2v) is 10.1. The minimum absolute atomic E-state index is 0.0307. The predicted molar refractivity (Wildman–Crippen MR) is 142 cm³/mol. The van der Waals surface area contributed by atoms with Gasteiger partial charge in [0.2, 0.25) is 11.8 Å². The average molecular weight is 520 g/mol. The molecule has 3 heterocycles. The summed E-state index contributed by atoms with van der Waals surface area (Å²) < 4.78 is 16.7. The van der Waals surface area contributed by atoms with Crippen LogP contribution >= 0.6 is 0 Å². The minimum Gasteiger partial charge on any atom is -0.497 e. The molecule has 2 aliphatic rings. The molecule has 2 saturated heterocycles. The number of amides is 2. The number of hydrogen-bond donors (Lipinski definition) is 1. The lowest BCUT2D eigenvalue weighted by atomic mass is 9.77. The highest BCUT2D eigenvalue weighted by molar-refractivity contribution is 6.06. The number of likely N-dealkylation sites (tertiary alicyclic amines) is 2. The van der Waals surface area contributed by atoms with Crippen molar-refractivity contribution in [2.45, 2.75) is 32.7 Å². The molecule has 1 spiro atoms. The summed E-state index contributed by atoms with van der Waals surface area (Å²) in [5.74, 6) is 1.78. The van der Waals surface area contributed by atoms with Gasteiger partial charge >= 0.3 is 0 Å². The first kappa shape index (κ1) is 25.8. The Kier molecular flexibility index (Phi) is 7.12. The first-order valence-corrected chi connectivity index (χ1v) is 12.9. The number of ketones is 1. The molecule has 1 aromatic heterocycles. The third-order valence-corrected chi connectivity index (χ3v) is 7.75. The topological polar surface area (TPSA) is 101 Å². The number of aromatic nitrogens is 1. The zero-order valence-electron chi connectivity index (χ0n) is 22.0. The van der Waals surface area contributed by atoms with E-state index in [1.807, 2.05) is 42.5 Å². The maximum Gasteiger partial charge on any atom is 0.236 e. The van der Waals surface area contributed by atoms with Crippen molar-refractivity contribution >= 4 is 28.5 Å². The molecule has 9 heteroatoms. The summed E-state index contributed by atoms with van der Waals surface area (Å²) in [4.78, 5) is 44.6. The number of fused-ring (bicyclic) bond motifs is 1. The highest BCUT2D eigenvalue weighted by Crippen LogP contribution is 2.43. The zero-order valence-corrected chi connectivity index (χ0v) is 22.0. The number of imide groups is 1. The first-order chi connectivity index (χ1) is 18.3. The average Bonchev–Trinajstić information content (AvgIpc) is 3.44. The number of piperidine rings is 1. The maximum atomic E-state index is 13.3. The van der Waals surface area contributed by atoms with Crippen molar-refractivity contribution in [2.75, 3.05) is 40.5 Å². The number of Topliss-reactive ketones (excluding diaryl/α,β-unsaturated/α-hetero) is 1. The quantitative estimate of drug-likeness (QED) is 0.339. The van der Waals surface area contributed by atoms with Crippen LogP contribution in [-0.2, 0) is 16.1 Å². The van der Waals surface area contributed by atoms with E-state index in [2.05, 4.69) is 9.88 Å². The van der Waals surface area contributed by atoms with Gasteiger partial charge in [-0.25, -0.2) is 0 Å². The van der Waals surface area contributed by atoms with E-state index in [1.165, 1.54) is 11.8 Å². The van der Waals surface area contributed by atoms with E-state index < -0.39 is 5.41 Å². The number of H-pyrrole nitrogens is 1. The van der Waals surface area contributed by atoms with Crippen LogP contribution in [0.5, 0.6) is 17.2 Å². The predicted octanol–water partition coefficient (Wildman–Crippen LogP) is 3.81. The van der Waals surface area contributed by atoms with E-state index in [0.29, 0.717) is 49.7 Å². The van der Waals surface area contributed by atoms with Crippen LogP contribution in [0.2, 0.25) is 0 Å². The van der Waals surface area contributed by atoms with Crippen LogP contribution in [-0.4, -0.2) is 72.8 Å². The third kappa shape index (κ3) is 4.98. The van der Waals surface area contributed by atoms with E-state index in [9.17, 15) is 14.4 Å². The van der Waals surface area contributed by atoms with E-state index in [-0.39, 0.29) is 24.0 Å². The molecule has 5 rings (SSSR count). The molecule has 0 saturated carbocycles. The lowest BCUT2D eigenvalue weighted by molar-refractivity contribution is -0.143. The lowest BCUT2D eigenvalue weighted by Gasteiger charge is -2.37. The fraction of sp³-hybridized carbons (Fsp3) is 0.414. The molecule has 200 valence electrons. The normalized spacial score (nSPS) is 17.4. The minimum atomic E-state index is -0.599. The Morgan fingerprint density at radius 1 is 1.00 bits per heavy atom. The van der Waals surface area contributed by atoms with Crippen molar-refractivity contribution in [3.63, 3.8) is 0 Å². The summed E-state index contributed by atoms with van der Waals surface area (Å²) >= 11 is 0. The molecule has 2 aromatic carbocycles. The highest BCUT2D eigenvalue weighted by Gasteiger charge is 2.52. The number of benzene rings is 2. The summed E-state index contributed by atoms with van der Waals surface area (Å²) in [5.41, 5.74) is 1.67. The Morgan fingerprint density at radius 3 is 2.39 bits per heavy atom. The molecule has 2 amide bonds. The fourth-order valence-corrected chi connectivity index (χ4v) is 5.42. The smallest absolute Gasteiger partial charge is 0.236 e. The van der Waals surface area contributed by atoms with E-state index in [0.717, 1.165) is 35.3 Å². The third-order valence-electron chi connectivity index (χ3n) is 7.75. The molecule has 38 heavy (non-hydrogen) atoms. The molecule has 2 aliphatic heterocycles. The van der Waals surface area contributed by atoms with Crippen LogP contribution in [0.4, 0.5) is 0 Å². The number of nitrogens with zero attached hydrogens (tertiary/aromatic N) is 2. The van der Waals surface area contributed by atoms with Gasteiger partial charge in [-0.15, -0.1) is 0 Å². The monoisotopic (exact) mass is 519 g/mol. The number of carbonyl (C=O) groups excluding carboxylic acids is 3. The second kappa shape index (κ2) is 10.5. The van der Waals surface area contributed by atoms with Crippen molar-refractivity contribution in [1.82, 2.24) is 14.8 Å². The van der Waals surface area contributed by atoms with Gasteiger partial charge in [0.15, 0.2) is 17.3 Å². The lowest BCUT2D eigenvalue weighted by Crippen LogP contribution is -2.45. The number of rotatable bonds is 9. The Hall–Kier alpha value is -3.85. The van der Waals surface area contributed by atoms with Gasteiger partial charge in [-0.1, -0.05) is 12.1 Å². The van der Waals surface area contributed by atoms with Gasteiger partial charge < -0.3 is 19.2 Å². The van der Waals surface area contributed by atoms with Gasteiger partial charge in [0, 0.05) is 36.9 Å². The summed E-state index contributed by atoms with van der Waals surface area (Å²) in [6, 6.07) is 13.0. The Labute approximate surface area is 221 Å². The van der Waals surface area contributed by atoms with Crippen LogP contribution in [0.25, 0.3) is 10.9 Å². The van der Waals surface area contributed by atoms with Crippen LogP contribution in [0.1, 0.15) is 42.2 Å². The first-order valence-electron chi connectivity index (χ1n) is 12.9. The van der Waals surface area contributed by atoms with Crippen molar-refractivity contribution in [3.05, 3.63) is 53.7 Å². The molecule has 0 aliphatic carbocycles. The van der Waals surface area contributed by atoms with Gasteiger partial charge in [0.05, 0.1) is 31.9 Å². The summed E-state index contributed by atoms with van der Waals surface area (Å²) in [5, 5.41) is 0.884. The molecule has 0 bridgehead atoms. The molecular formula is C29H33N3O6. The molecule has 1 N–H and O–H groups in total. The van der Waals surface area contributed by atoms with Crippen molar-refractivity contribution in [2.24, 2.45) is 5.41 Å². The van der Waals surface area contributed by atoms with E-state index >= 15 is 0 Å². The highest BCUT2D eigenvalue weighted by atomic mass is 16.5. The van der Waals surface area contributed by atoms with Crippen molar-refractivity contribution in [1.29, 1.82) is 0 Å². The largest absolute Gasteiger partial charge is 0.497 e. The van der Waals surface area contributed by atoms with Crippen molar-refractivity contribution < 1.29 is 28.6 Å². The number of nitrogens with one attached hydrogen (secondary N) is 1. The number of aromatic amines is 1. The number of carbonyl (C=O) groups is 3. The maximum absolute atomic E-state index is 13.3. The number of methoxy groups -OCH3 is 2. The molecule has 3 aromatic rings. The molecule has 0 radical (unpaired) electrons. The molecule has 9 nitrogen and oxygen atoms in total. The van der Waals surface area contributed by atoms with Gasteiger partial charge in [-0.3, -0.25) is 24.2 Å². The van der Waals surface area contributed by atoms with Crippen LogP contribution < -0.4 is 14.2 Å². The number of hydrogen-bond acceptors (Lipinski definition) is 7. The van der Waals surface area contributed by atoms with Gasteiger partial charge in [0.1, 0.15) is 12.4 Å². The van der Waals surface area contributed by atoms with E-state index in [1.54, 1.807) is 14.2 Å². The molecule has 0 atom stereocenters. The van der Waals surface area contributed by atoms with Crippen LogP contribution in [0.3, 0.4) is 0 Å². The second-order valence-electron chi connectivity index (χ2n) is 10.1. The SMILES string of the molecule is COc1ccc(CN2C(=O)CC3(CCN(CCOc4cc5cc(C(C)=O)[nH]c5cc4OC)CC3)C2=O)cc1. The molecule has 0 unspecified atom stereocenters. The van der Waals surface area contributed by atoms with Gasteiger partial charge in [0.25, 0.3) is 0 Å². The van der Waals surface area contributed by atoms with Crippen LogP contribution in [0, 0.1) is 5.41 Å². The summed E-state index contributed by atoms with van der Waals surface area (Å²) in [6.45, 7) is 4.43. The van der Waals surface area contributed by atoms with E-state index in [4.69, 9.17) is 14.2 Å². The van der Waals surface area contributed by atoms with Crippen LogP contribution in [0.15, 0.2) is 42.5 Å². The fourth-order valence-electron chi connectivity index (χ4n) is 5.42. The Bertz CT molecular complexity index is 1350. The Balaban J connectivity index is 1.16. The molecular weight excluding hydrogens is 486 g/mol. The number of ether oxygens (including phenoxy) is 3. The van der Waals surface area contributed by atoms with Gasteiger partial charge in [-0.05, 0) is 55.8 Å². The Morgan fingerprint density at radius 2 is 1.74 bits per heavy atom. The zero-order chi connectivity index (χ0) is 26.9. The van der Waals surface area contributed by atoms with Crippen molar-refractivity contribution in [3.8, 4) is 17.2 Å². The summed E-state index contributed by atoms with van der Waals surface area (Å²) in [7, 11) is 3.20. The summed E-state index contributed by atoms with van der Waals surface area (Å²) in [6.07, 6.45) is 1.59. The standard InChI is InChI=1S/C29H33N3O6/c1-19(33)23-14-21-15-26(25(37-3)16-24(21)30-23)38-13-12-31-10-8-29(9-11-31)17-27(34)32(28(29)35)18-20-4-6-22(36-2)7-5-20/h4-7,14-16,30H,8-13,17-18H2,1-3H3. The molecule has 2 fully saturated rings. The van der Waals surface area contributed by atoms with Gasteiger partial charge in [-0.2, -0.15) is 0 Å².